The molecule has 1 fully saturated rings. The van der Waals surface area contributed by atoms with Crippen molar-refractivity contribution in [2.75, 3.05) is 0 Å². The zero-order valence-electron chi connectivity index (χ0n) is 9.78. The molecule has 1 aromatic rings. The summed E-state index contributed by atoms with van der Waals surface area (Å²) in [6.07, 6.45) is -0.703. The molecule has 1 saturated heterocycles. The van der Waals surface area contributed by atoms with E-state index in [0.29, 0.717) is 5.82 Å². The van der Waals surface area contributed by atoms with E-state index in [9.17, 15) is 4.79 Å². The number of cyclic esters (lactones) is 1. The maximum atomic E-state index is 11.7. The second kappa shape index (κ2) is 3.73. The minimum absolute atomic E-state index is 0.0581. The first-order valence-electron chi connectivity index (χ1n) is 5.23. The number of aromatic nitrogens is 4. The number of hydrogen-bond acceptors (Lipinski definition) is 5. The van der Waals surface area contributed by atoms with Gasteiger partial charge in [-0.2, -0.15) is 0 Å². The first-order valence-corrected chi connectivity index (χ1v) is 5.23. The van der Waals surface area contributed by atoms with Gasteiger partial charge < -0.3 is 4.74 Å². The standard InChI is InChI=1S/C9H15N5O2/c1-5(2)14-6(3)7(16-9(14)15)8-10-11-12-13(8)4/h5-7H,1-4H3. The topological polar surface area (TPSA) is 73.1 Å². The first kappa shape index (κ1) is 10.8. The molecule has 2 heterocycles. The van der Waals surface area contributed by atoms with Crippen LogP contribution in [0.1, 0.15) is 32.7 Å². The molecule has 1 aromatic heterocycles. The highest BCUT2D eigenvalue weighted by Gasteiger charge is 2.43. The lowest BCUT2D eigenvalue weighted by molar-refractivity contribution is 0.123. The maximum absolute atomic E-state index is 11.7. The normalized spacial score (nSPS) is 25.3. The van der Waals surface area contributed by atoms with Gasteiger partial charge in [0.25, 0.3) is 0 Å². The number of nitrogens with zero attached hydrogens (tertiary/aromatic N) is 5. The van der Waals surface area contributed by atoms with Gasteiger partial charge in [-0.1, -0.05) is 0 Å². The molecular weight excluding hydrogens is 210 g/mol. The van der Waals surface area contributed by atoms with Crippen molar-refractivity contribution in [3.05, 3.63) is 5.82 Å². The molecule has 0 spiro atoms. The molecule has 2 rings (SSSR count). The van der Waals surface area contributed by atoms with Crippen molar-refractivity contribution in [1.82, 2.24) is 25.1 Å². The van der Waals surface area contributed by atoms with Crippen LogP contribution in [0.4, 0.5) is 4.79 Å². The molecule has 2 atom stereocenters. The molecule has 0 aromatic carbocycles. The predicted molar refractivity (Wildman–Crippen MR) is 54.5 cm³/mol. The largest absolute Gasteiger partial charge is 0.436 e. The lowest BCUT2D eigenvalue weighted by Gasteiger charge is -2.23. The van der Waals surface area contributed by atoms with E-state index in [1.165, 1.54) is 4.68 Å². The van der Waals surface area contributed by atoms with E-state index in [0.717, 1.165) is 0 Å². The van der Waals surface area contributed by atoms with E-state index < -0.39 is 6.10 Å². The third kappa shape index (κ3) is 1.52. The Balaban J connectivity index is 2.27. The fraction of sp³-hybridized carbons (Fsp3) is 0.778. The van der Waals surface area contributed by atoms with E-state index in [-0.39, 0.29) is 18.2 Å². The van der Waals surface area contributed by atoms with Crippen molar-refractivity contribution in [2.24, 2.45) is 7.05 Å². The Hall–Kier alpha value is -1.66. The van der Waals surface area contributed by atoms with Crippen LogP contribution in [-0.4, -0.2) is 43.3 Å². The van der Waals surface area contributed by atoms with E-state index in [1.54, 1.807) is 11.9 Å². The highest BCUT2D eigenvalue weighted by atomic mass is 16.6. The molecule has 7 nitrogen and oxygen atoms in total. The maximum Gasteiger partial charge on any atom is 0.411 e. The minimum Gasteiger partial charge on any atom is -0.436 e. The zero-order valence-corrected chi connectivity index (χ0v) is 9.78. The van der Waals surface area contributed by atoms with Crippen LogP contribution in [0.5, 0.6) is 0 Å². The van der Waals surface area contributed by atoms with E-state index >= 15 is 0 Å². The quantitative estimate of drug-likeness (QED) is 0.732. The second-order valence-electron chi connectivity index (χ2n) is 4.21. The molecular formula is C9H15N5O2. The summed E-state index contributed by atoms with van der Waals surface area (Å²) in [5.74, 6) is 0.573. The number of ether oxygens (including phenoxy) is 1. The van der Waals surface area contributed by atoms with E-state index in [1.807, 2.05) is 20.8 Å². The molecule has 0 radical (unpaired) electrons. The van der Waals surface area contributed by atoms with Crippen molar-refractivity contribution >= 4 is 6.09 Å². The van der Waals surface area contributed by atoms with Crippen LogP contribution < -0.4 is 0 Å². The summed E-state index contributed by atoms with van der Waals surface area (Å²) in [6, 6.07) is 0.0471. The van der Waals surface area contributed by atoms with Gasteiger partial charge in [0.05, 0.1) is 6.04 Å². The van der Waals surface area contributed by atoms with Gasteiger partial charge in [0, 0.05) is 13.1 Å². The molecule has 16 heavy (non-hydrogen) atoms. The van der Waals surface area contributed by atoms with Gasteiger partial charge in [-0.25, -0.2) is 9.48 Å². The van der Waals surface area contributed by atoms with Gasteiger partial charge in [0.15, 0.2) is 11.9 Å². The molecule has 2 unspecified atom stereocenters. The van der Waals surface area contributed by atoms with Gasteiger partial charge in [-0.15, -0.1) is 5.10 Å². The zero-order chi connectivity index (χ0) is 11.9. The van der Waals surface area contributed by atoms with Crippen LogP contribution in [0.3, 0.4) is 0 Å². The Labute approximate surface area is 93.4 Å². The van der Waals surface area contributed by atoms with Crippen LogP contribution in [0.25, 0.3) is 0 Å². The number of tetrazole rings is 1. The Kier molecular flexibility index (Phi) is 2.53. The average Bonchev–Trinajstić information content (AvgIpc) is 2.70. The van der Waals surface area contributed by atoms with Crippen molar-refractivity contribution in [2.45, 2.75) is 39.0 Å². The molecule has 0 aliphatic carbocycles. The van der Waals surface area contributed by atoms with Crippen LogP contribution in [0, 0.1) is 0 Å². The second-order valence-corrected chi connectivity index (χ2v) is 4.21. The summed E-state index contributed by atoms with van der Waals surface area (Å²) < 4.78 is 6.82. The van der Waals surface area contributed by atoms with Gasteiger partial charge in [0.1, 0.15) is 0 Å². The Morgan fingerprint density at radius 2 is 2.12 bits per heavy atom. The Morgan fingerprint density at radius 1 is 1.44 bits per heavy atom. The van der Waals surface area contributed by atoms with E-state index in [4.69, 9.17) is 4.74 Å². The van der Waals surface area contributed by atoms with Gasteiger partial charge in [-0.3, -0.25) is 4.90 Å². The highest BCUT2D eigenvalue weighted by molar-refractivity contribution is 5.71. The first-order chi connectivity index (χ1) is 7.52. The summed E-state index contributed by atoms with van der Waals surface area (Å²) in [5, 5.41) is 11.2. The van der Waals surface area contributed by atoms with Crippen LogP contribution >= 0.6 is 0 Å². The van der Waals surface area contributed by atoms with Crippen molar-refractivity contribution < 1.29 is 9.53 Å². The highest BCUT2D eigenvalue weighted by Crippen LogP contribution is 2.31. The molecule has 0 N–H and O–H groups in total. The fourth-order valence-electron chi connectivity index (χ4n) is 2.01. The lowest BCUT2D eigenvalue weighted by atomic mass is 10.1. The number of amides is 1. The lowest BCUT2D eigenvalue weighted by Crippen LogP contribution is -2.37. The van der Waals surface area contributed by atoms with Crippen molar-refractivity contribution in [3.63, 3.8) is 0 Å². The van der Waals surface area contributed by atoms with Crippen LogP contribution in [0.15, 0.2) is 0 Å². The molecule has 0 saturated carbocycles. The molecule has 1 aliphatic heterocycles. The third-order valence-corrected chi connectivity index (χ3v) is 2.78. The summed E-state index contributed by atoms with van der Waals surface area (Å²) in [4.78, 5) is 13.4. The minimum atomic E-state index is -0.394. The molecule has 1 aliphatic rings. The fourth-order valence-corrected chi connectivity index (χ4v) is 2.01. The molecule has 0 bridgehead atoms. The van der Waals surface area contributed by atoms with Gasteiger partial charge >= 0.3 is 6.09 Å². The van der Waals surface area contributed by atoms with Crippen molar-refractivity contribution in [1.29, 1.82) is 0 Å². The van der Waals surface area contributed by atoms with E-state index in [2.05, 4.69) is 15.5 Å². The monoisotopic (exact) mass is 225 g/mol. The smallest absolute Gasteiger partial charge is 0.411 e. The molecule has 7 heteroatoms. The number of carbonyl (C=O) groups excluding carboxylic acids is 1. The summed E-state index contributed by atoms with van der Waals surface area (Å²) in [7, 11) is 1.73. The summed E-state index contributed by atoms with van der Waals surface area (Å²) >= 11 is 0. The Bertz CT molecular complexity index is 402. The van der Waals surface area contributed by atoms with Gasteiger partial charge in [0.2, 0.25) is 0 Å². The summed E-state index contributed by atoms with van der Waals surface area (Å²) in [6.45, 7) is 5.84. The van der Waals surface area contributed by atoms with Crippen molar-refractivity contribution in [3.8, 4) is 0 Å². The summed E-state index contributed by atoms with van der Waals surface area (Å²) in [5.41, 5.74) is 0. The third-order valence-electron chi connectivity index (χ3n) is 2.78. The molecule has 1 amide bonds. The van der Waals surface area contributed by atoms with Gasteiger partial charge in [-0.05, 0) is 31.2 Å². The number of carbonyl (C=O) groups is 1. The average molecular weight is 225 g/mol. The number of aryl methyl sites for hydroxylation is 1. The van der Waals surface area contributed by atoms with Crippen LogP contribution in [0.2, 0.25) is 0 Å². The molecule has 88 valence electrons. The Morgan fingerprint density at radius 3 is 2.56 bits per heavy atom. The van der Waals surface area contributed by atoms with Crippen LogP contribution in [-0.2, 0) is 11.8 Å². The SMILES string of the molecule is CC(C)N1C(=O)OC(c2nnnn2C)C1C. The number of rotatable bonds is 2. The number of hydrogen-bond donors (Lipinski definition) is 0. The predicted octanol–water partition coefficient (Wildman–Crippen LogP) is 0.500.